The molecule has 27 heavy (non-hydrogen) atoms. The van der Waals surface area contributed by atoms with Crippen LogP contribution in [-0.4, -0.2) is 14.8 Å². The Morgan fingerprint density at radius 1 is 1.00 bits per heavy atom. The molecule has 2 aromatic carbocycles. The topological polar surface area (TPSA) is 71.6 Å². The fourth-order valence-corrected chi connectivity index (χ4v) is 3.13. The fraction of sp³-hybridized carbons (Fsp3) is 0.0909. The average Bonchev–Trinajstić information content (AvgIpc) is 2.71. The van der Waals surface area contributed by atoms with E-state index in [4.69, 9.17) is 5.26 Å². The van der Waals surface area contributed by atoms with Gasteiger partial charge in [0.1, 0.15) is 5.69 Å². The summed E-state index contributed by atoms with van der Waals surface area (Å²) in [6.45, 7) is 2.27. The van der Waals surface area contributed by atoms with Gasteiger partial charge in [0.25, 0.3) is 5.56 Å². The lowest BCUT2D eigenvalue weighted by Crippen LogP contribution is -2.24. The van der Waals surface area contributed by atoms with E-state index in [0.717, 1.165) is 27.9 Å². The number of nitrogens with zero attached hydrogens (tertiary/aromatic N) is 4. The average molecular weight is 352 g/mol. The Labute approximate surface area is 156 Å². The van der Waals surface area contributed by atoms with Crippen LogP contribution in [0.15, 0.2) is 71.7 Å². The number of nitriles is 1. The van der Waals surface area contributed by atoms with Crippen LogP contribution < -0.4 is 5.56 Å². The maximum absolute atomic E-state index is 13.0. The van der Waals surface area contributed by atoms with Crippen LogP contribution in [0.3, 0.4) is 0 Å². The van der Waals surface area contributed by atoms with Crippen molar-refractivity contribution in [2.75, 3.05) is 0 Å². The van der Waals surface area contributed by atoms with Crippen LogP contribution >= 0.6 is 0 Å². The summed E-state index contributed by atoms with van der Waals surface area (Å²) in [6.07, 6.45) is 1.74. The molecule has 0 amide bonds. The number of rotatable bonds is 3. The number of benzene rings is 2. The molecule has 0 spiro atoms. The zero-order chi connectivity index (χ0) is 18.8. The molecular weight excluding hydrogens is 336 g/mol. The van der Waals surface area contributed by atoms with Crippen LogP contribution in [0.4, 0.5) is 0 Å². The molecule has 2 heterocycles. The van der Waals surface area contributed by atoms with E-state index >= 15 is 0 Å². The molecule has 0 aliphatic heterocycles. The quantitative estimate of drug-likeness (QED) is 0.564. The second kappa shape index (κ2) is 6.85. The van der Waals surface area contributed by atoms with Gasteiger partial charge in [-0.1, -0.05) is 30.3 Å². The van der Waals surface area contributed by atoms with Crippen molar-refractivity contribution >= 4 is 10.8 Å². The van der Waals surface area contributed by atoms with Crippen LogP contribution in [0.25, 0.3) is 22.0 Å². The van der Waals surface area contributed by atoms with Gasteiger partial charge in [0.05, 0.1) is 23.6 Å². The Bertz CT molecular complexity index is 1230. The Morgan fingerprint density at radius 2 is 1.74 bits per heavy atom. The molecule has 0 saturated carbocycles. The number of aryl methyl sites for hydroxylation is 1. The lowest BCUT2D eigenvalue weighted by atomic mass is 10.0. The summed E-state index contributed by atoms with van der Waals surface area (Å²) in [4.78, 5) is 17.3. The molecule has 0 saturated heterocycles. The minimum Gasteiger partial charge on any atom is -0.267 e. The van der Waals surface area contributed by atoms with Gasteiger partial charge < -0.3 is 0 Å². The molecule has 0 bridgehead atoms. The molecule has 0 unspecified atom stereocenters. The Kier molecular flexibility index (Phi) is 4.23. The monoisotopic (exact) mass is 352 g/mol. The van der Waals surface area contributed by atoms with E-state index in [1.54, 1.807) is 18.3 Å². The molecule has 0 atom stereocenters. The van der Waals surface area contributed by atoms with Crippen molar-refractivity contribution in [3.63, 3.8) is 0 Å². The van der Waals surface area contributed by atoms with E-state index in [9.17, 15) is 4.79 Å². The summed E-state index contributed by atoms with van der Waals surface area (Å²) in [7, 11) is 0. The Balaban J connectivity index is 1.91. The molecule has 130 valence electrons. The van der Waals surface area contributed by atoms with E-state index in [2.05, 4.69) is 16.2 Å². The van der Waals surface area contributed by atoms with Crippen molar-refractivity contribution in [2.45, 2.75) is 13.5 Å². The van der Waals surface area contributed by atoms with E-state index in [-0.39, 0.29) is 5.56 Å². The second-order valence-corrected chi connectivity index (χ2v) is 6.30. The lowest BCUT2D eigenvalue weighted by molar-refractivity contribution is 0.650. The highest BCUT2D eigenvalue weighted by Crippen LogP contribution is 2.26. The molecule has 0 radical (unpaired) electrons. The number of fused-ring (bicyclic) bond motifs is 1. The van der Waals surface area contributed by atoms with Crippen LogP contribution in [0.1, 0.15) is 16.8 Å². The molecule has 4 aromatic rings. The minimum absolute atomic E-state index is 0.139. The van der Waals surface area contributed by atoms with Gasteiger partial charge in [-0.2, -0.15) is 10.4 Å². The second-order valence-electron chi connectivity index (χ2n) is 6.30. The standard InChI is InChI=1S/C22H16N4O/c1-15-18(7-4-12-24-15)21-19-5-2-3-6-20(19)22(27)26(25-21)14-17-10-8-16(13-23)9-11-17/h2-12H,14H2,1H3. The third kappa shape index (κ3) is 3.09. The first-order valence-electron chi connectivity index (χ1n) is 8.58. The van der Waals surface area contributed by atoms with Gasteiger partial charge in [-0.25, -0.2) is 4.68 Å². The van der Waals surface area contributed by atoms with Crippen molar-refractivity contribution in [1.29, 1.82) is 5.26 Å². The molecule has 0 aliphatic rings. The van der Waals surface area contributed by atoms with E-state index in [0.29, 0.717) is 17.5 Å². The van der Waals surface area contributed by atoms with Crippen molar-refractivity contribution in [1.82, 2.24) is 14.8 Å². The third-order valence-corrected chi connectivity index (χ3v) is 4.55. The number of hydrogen-bond donors (Lipinski definition) is 0. The van der Waals surface area contributed by atoms with Crippen LogP contribution in [0.2, 0.25) is 0 Å². The van der Waals surface area contributed by atoms with Gasteiger partial charge >= 0.3 is 0 Å². The summed E-state index contributed by atoms with van der Waals surface area (Å²) in [5.41, 5.74) is 3.86. The number of pyridine rings is 1. The van der Waals surface area contributed by atoms with E-state index in [1.165, 1.54) is 4.68 Å². The minimum atomic E-state index is -0.139. The lowest BCUT2D eigenvalue weighted by Gasteiger charge is -2.12. The third-order valence-electron chi connectivity index (χ3n) is 4.55. The predicted molar refractivity (Wildman–Crippen MR) is 104 cm³/mol. The largest absolute Gasteiger partial charge is 0.274 e. The van der Waals surface area contributed by atoms with Crippen molar-refractivity contribution in [3.8, 4) is 17.3 Å². The van der Waals surface area contributed by atoms with Gasteiger partial charge in [0.2, 0.25) is 0 Å². The summed E-state index contributed by atoms with van der Waals surface area (Å²) < 4.78 is 1.48. The summed E-state index contributed by atoms with van der Waals surface area (Å²) in [5, 5.41) is 15.1. The molecule has 0 N–H and O–H groups in total. The van der Waals surface area contributed by atoms with Gasteiger partial charge in [-0.3, -0.25) is 9.78 Å². The van der Waals surface area contributed by atoms with Crippen molar-refractivity contribution in [2.24, 2.45) is 0 Å². The molecule has 2 aromatic heterocycles. The summed E-state index contributed by atoms with van der Waals surface area (Å²) >= 11 is 0. The highest BCUT2D eigenvalue weighted by Gasteiger charge is 2.14. The van der Waals surface area contributed by atoms with Gasteiger partial charge in [-0.15, -0.1) is 0 Å². The van der Waals surface area contributed by atoms with Crippen LogP contribution in [0, 0.1) is 18.3 Å². The highest BCUT2D eigenvalue weighted by atomic mass is 16.1. The number of hydrogen-bond acceptors (Lipinski definition) is 4. The maximum Gasteiger partial charge on any atom is 0.274 e. The summed E-state index contributed by atoms with van der Waals surface area (Å²) in [5.74, 6) is 0. The first-order valence-corrected chi connectivity index (χ1v) is 8.58. The van der Waals surface area contributed by atoms with Gasteiger partial charge in [0, 0.05) is 22.8 Å². The van der Waals surface area contributed by atoms with E-state index < -0.39 is 0 Å². The summed E-state index contributed by atoms with van der Waals surface area (Å²) in [6, 6.07) is 20.6. The van der Waals surface area contributed by atoms with Crippen LogP contribution in [-0.2, 0) is 6.54 Å². The van der Waals surface area contributed by atoms with Crippen molar-refractivity contribution < 1.29 is 0 Å². The molecular formula is C22H16N4O. The Hall–Kier alpha value is -3.78. The smallest absolute Gasteiger partial charge is 0.267 e. The molecule has 5 nitrogen and oxygen atoms in total. The SMILES string of the molecule is Cc1ncccc1-c1nn(Cc2ccc(C#N)cc2)c(=O)c2ccccc12. The molecule has 0 fully saturated rings. The zero-order valence-corrected chi connectivity index (χ0v) is 14.8. The number of aromatic nitrogens is 3. The first kappa shape index (κ1) is 16.7. The highest BCUT2D eigenvalue weighted by molar-refractivity contribution is 5.94. The normalized spacial score (nSPS) is 10.7. The zero-order valence-electron chi connectivity index (χ0n) is 14.8. The van der Waals surface area contributed by atoms with Gasteiger partial charge in [-0.05, 0) is 42.8 Å². The molecule has 5 heteroatoms. The van der Waals surface area contributed by atoms with E-state index in [1.807, 2.05) is 55.5 Å². The van der Waals surface area contributed by atoms with Crippen molar-refractivity contribution in [3.05, 3.63) is 94.0 Å². The predicted octanol–water partition coefficient (Wildman–Crippen LogP) is 3.69. The molecule has 4 rings (SSSR count). The fourth-order valence-electron chi connectivity index (χ4n) is 3.13. The Morgan fingerprint density at radius 3 is 2.44 bits per heavy atom. The maximum atomic E-state index is 13.0. The first-order chi connectivity index (χ1) is 13.2. The van der Waals surface area contributed by atoms with Gasteiger partial charge in [0.15, 0.2) is 0 Å². The van der Waals surface area contributed by atoms with Crippen LogP contribution in [0.5, 0.6) is 0 Å². The molecule has 0 aliphatic carbocycles.